The van der Waals surface area contributed by atoms with Crippen molar-refractivity contribution in [3.63, 3.8) is 0 Å². The lowest BCUT2D eigenvalue weighted by atomic mass is 10.0. The van der Waals surface area contributed by atoms with Crippen molar-refractivity contribution in [1.29, 1.82) is 0 Å². The van der Waals surface area contributed by atoms with Crippen molar-refractivity contribution in [2.45, 2.75) is 19.4 Å². The zero-order valence-electron chi connectivity index (χ0n) is 11.1. The van der Waals surface area contributed by atoms with E-state index in [-0.39, 0.29) is 5.69 Å². The lowest BCUT2D eigenvalue weighted by molar-refractivity contribution is 0.0588. The van der Waals surface area contributed by atoms with Crippen LogP contribution in [0.4, 0.5) is 0 Å². The average molecular weight is 255 g/mol. The molecule has 0 saturated heterocycles. The summed E-state index contributed by atoms with van der Waals surface area (Å²) in [5.74, 6) is -1.23. The molecular formula is C11H17N3O4. The lowest BCUT2D eigenvalue weighted by Crippen LogP contribution is -2.40. The molecule has 0 fully saturated rings. The van der Waals surface area contributed by atoms with E-state index in [0.29, 0.717) is 5.82 Å². The molecule has 2 N–H and O–H groups in total. The van der Waals surface area contributed by atoms with Crippen LogP contribution >= 0.6 is 0 Å². The predicted octanol–water partition coefficient (Wildman–Crippen LogP) is -0.273. The molecule has 0 saturated carbocycles. The second-order valence-electron chi connectivity index (χ2n) is 4.36. The zero-order chi connectivity index (χ0) is 14.1. The molecule has 7 heteroatoms. The van der Waals surface area contributed by atoms with E-state index in [1.54, 1.807) is 20.9 Å². The number of nitrogens with one attached hydrogen (secondary N) is 1. The van der Waals surface area contributed by atoms with Crippen LogP contribution in [0.3, 0.4) is 0 Å². The fraction of sp³-hybridized carbons (Fsp3) is 0.545. The summed E-state index contributed by atoms with van der Waals surface area (Å²) < 4.78 is 5.68. The molecule has 0 amide bonds. The Balaban J connectivity index is 3.61. The summed E-state index contributed by atoms with van der Waals surface area (Å²) in [7, 11) is 4.34. The first-order valence-electron chi connectivity index (χ1n) is 5.34. The number of carbonyl (C=O) groups excluding carboxylic acids is 1. The first-order valence-corrected chi connectivity index (χ1v) is 5.34. The van der Waals surface area contributed by atoms with Gasteiger partial charge in [0.15, 0.2) is 5.69 Å². The molecule has 1 rings (SSSR count). The first kappa shape index (κ1) is 14.2. The number of aromatic hydroxyl groups is 1. The van der Waals surface area contributed by atoms with E-state index < -0.39 is 22.8 Å². The van der Waals surface area contributed by atoms with Gasteiger partial charge >= 0.3 is 5.97 Å². The summed E-state index contributed by atoms with van der Waals surface area (Å²) in [6.07, 6.45) is 0. The first-order chi connectivity index (χ1) is 8.26. The summed E-state index contributed by atoms with van der Waals surface area (Å²) in [6.45, 7) is 3.60. The van der Waals surface area contributed by atoms with E-state index in [1.165, 1.54) is 11.6 Å². The van der Waals surface area contributed by atoms with Gasteiger partial charge in [-0.05, 0) is 20.9 Å². The van der Waals surface area contributed by atoms with Crippen LogP contribution < -0.4 is 10.9 Å². The van der Waals surface area contributed by atoms with Crippen LogP contribution in [0.1, 0.15) is 30.2 Å². The maximum Gasteiger partial charge on any atom is 0.360 e. The van der Waals surface area contributed by atoms with E-state index in [2.05, 4.69) is 15.0 Å². The molecule has 0 bridgehead atoms. The number of rotatable bonds is 3. The monoisotopic (exact) mass is 255 g/mol. The highest BCUT2D eigenvalue weighted by atomic mass is 16.5. The number of ether oxygens (including phenoxy) is 1. The van der Waals surface area contributed by atoms with Crippen LogP contribution in [0.15, 0.2) is 4.79 Å². The van der Waals surface area contributed by atoms with Crippen molar-refractivity contribution in [2.75, 3.05) is 14.2 Å². The van der Waals surface area contributed by atoms with Gasteiger partial charge in [-0.15, -0.1) is 0 Å². The number of carbonyl (C=O) groups is 1. The van der Waals surface area contributed by atoms with Gasteiger partial charge in [0.25, 0.3) is 5.56 Å². The van der Waals surface area contributed by atoms with Gasteiger partial charge in [0.1, 0.15) is 5.82 Å². The summed E-state index contributed by atoms with van der Waals surface area (Å²) >= 11 is 0. The number of esters is 1. The van der Waals surface area contributed by atoms with E-state index >= 15 is 0 Å². The number of hydrogen-bond acceptors (Lipinski definition) is 6. The SMILES string of the molecule is CNC(C)(C)c1nc(C(=O)OC)c(O)c(=O)n1C. The topological polar surface area (TPSA) is 93.5 Å². The summed E-state index contributed by atoms with van der Waals surface area (Å²) in [4.78, 5) is 27.3. The molecule has 0 unspecified atom stereocenters. The fourth-order valence-electron chi connectivity index (χ4n) is 1.50. The van der Waals surface area contributed by atoms with Crippen LogP contribution in [-0.4, -0.2) is 34.8 Å². The van der Waals surface area contributed by atoms with Gasteiger partial charge < -0.3 is 15.2 Å². The average Bonchev–Trinajstić information content (AvgIpc) is 2.35. The van der Waals surface area contributed by atoms with E-state index in [4.69, 9.17) is 0 Å². The van der Waals surface area contributed by atoms with Gasteiger partial charge in [-0.3, -0.25) is 9.36 Å². The number of hydrogen-bond donors (Lipinski definition) is 2. The summed E-state index contributed by atoms with van der Waals surface area (Å²) in [6, 6.07) is 0. The smallest absolute Gasteiger partial charge is 0.360 e. The van der Waals surface area contributed by atoms with Gasteiger partial charge in [0, 0.05) is 7.05 Å². The van der Waals surface area contributed by atoms with E-state index in [9.17, 15) is 14.7 Å². The van der Waals surface area contributed by atoms with Crippen molar-refractivity contribution in [2.24, 2.45) is 7.05 Å². The molecule has 0 aliphatic carbocycles. The number of methoxy groups -OCH3 is 1. The summed E-state index contributed by atoms with van der Waals surface area (Å²) in [5.41, 5.74) is -1.70. The third-order valence-electron chi connectivity index (χ3n) is 2.83. The van der Waals surface area contributed by atoms with Crippen LogP contribution in [-0.2, 0) is 17.3 Å². The highest BCUT2D eigenvalue weighted by Gasteiger charge is 2.28. The third-order valence-corrected chi connectivity index (χ3v) is 2.83. The van der Waals surface area contributed by atoms with Gasteiger partial charge in [0.05, 0.1) is 12.6 Å². The minimum atomic E-state index is -0.849. The Hall–Kier alpha value is -1.89. The molecule has 18 heavy (non-hydrogen) atoms. The molecule has 0 aliphatic heterocycles. The molecule has 0 radical (unpaired) electrons. The second-order valence-corrected chi connectivity index (χ2v) is 4.36. The number of nitrogens with zero attached hydrogens (tertiary/aromatic N) is 2. The standard InChI is InChI=1S/C11H17N3O4/c1-11(2,12-3)10-13-6(9(17)18-5)7(15)8(16)14(10)4/h12,15H,1-5H3. The Labute approximate surface area is 104 Å². The molecular weight excluding hydrogens is 238 g/mol. The van der Waals surface area contributed by atoms with Crippen LogP contribution in [0.2, 0.25) is 0 Å². The van der Waals surface area contributed by atoms with Crippen molar-refractivity contribution in [3.05, 3.63) is 21.9 Å². The minimum absolute atomic E-state index is 0.327. The van der Waals surface area contributed by atoms with Crippen LogP contribution in [0, 0.1) is 0 Å². The maximum absolute atomic E-state index is 11.8. The third kappa shape index (κ3) is 2.21. The van der Waals surface area contributed by atoms with Crippen LogP contribution in [0.5, 0.6) is 5.75 Å². The van der Waals surface area contributed by atoms with Gasteiger partial charge in [-0.2, -0.15) is 0 Å². The largest absolute Gasteiger partial charge is 0.501 e. The Morgan fingerprint density at radius 2 is 2.06 bits per heavy atom. The molecule has 100 valence electrons. The molecule has 0 aromatic carbocycles. The lowest BCUT2D eigenvalue weighted by Gasteiger charge is -2.25. The molecule has 1 aromatic rings. The van der Waals surface area contributed by atoms with Crippen molar-refractivity contribution in [3.8, 4) is 5.75 Å². The molecule has 0 spiro atoms. The van der Waals surface area contributed by atoms with Crippen LogP contribution in [0.25, 0.3) is 0 Å². The quantitative estimate of drug-likeness (QED) is 0.722. The highest BCUT2D eigenvalue weighted by Crippen LogP contribution is 2.19. The van der Waals surface area contributed by atoms with Crippen molar-refractivity contribution >= 4 is 5.97 Å². The predicted molar refractivity (Wildman–Crippen MR) is 64.6 cm³/mol. The Morgan fingerprint density at radius 3 is 2.50 bits per heavy atom. The Bertz CT molecular complexity index is 534. The fourth-order valence-corrected chi connectivity index (χ4v) is 1.50. The molecule has 1 aromatic heterocycles. The van der Waals surface area contributed by atoms with Crippen molar-refractivity contribution < 1.29 is 14.6 Å². The Kier molecular flexibility index (Phi) is 3.76. The Morgan fingerprint density at radius 1 is 1.50 bits per heavy atom. The molecule has 0 aliphatic rings. The molecule has 0 atom stereocenters. The van der Waals surface area contributed by atoms with E-state index in [0.717, 1.165) is 7.11 Å². The molecule has 7 nitrogen and oxygen atoms in total. The van der Waals surface area contributed by atoms with Gasteiger partial charge in [-0.1, -0.05) is 0 Å². The zero-order valence-corrected chi connectivity index (χ0v) is 11.1. The molecule has 1 heterocycles. The van der Waals surface area contributed by atoms with E-state index in [1.807, 2.05) is 0 Å². The van der Waals surface area contributed by atoms with Gasteiger partial charge in [0.2, 0.25) is 5.75 Å². The maximum atomic E-state index is 11.8. The van der Waals surface area contributed by atoms with Crippen molar-refractivity contribution in [1.82, 2.24) is 14.9 Å². The summed E-state index contributed by atoms with van der Waals surface area (Å²) in [5, 5.41) is 12.6. The minimum Gasteiger partial charge on any atom is -0.501 e. The number of aromatic nitrogens is 2. The second kappa shape index (κ2) is 4.77. The highest BCUT2D eigenvalue weighted by molar-refractivity contribution is 5.89. The van der Waals surface area contributed by atoms with Gasteiger partial charge in [-0.25, -0.2) is 9.78 Å². The normalized spacial score (nSPS) is 11.4.